The van der Waals surface area contributed by atoms with Crippen LogP contribution in [-0.2, 0) is 13.0 Å². The van der Waals surface area contributed by atoms with Gasteiger partial charge in [0.25, 0.3) is 5.69 Å². The quantitative estimate of drug-likeness (QED) is 0.535. The van der Waals surface area contributed by atoms with Crippen LogP contribution in [0.15, 0.2) is 9.32 Å². The molecule has 0 aliphatic carbocycles. The Morgan fingerprint density at radius 2 is 2.27 bits per heavy atom. The number of nitrogens with one attached hydrogen (secondary N) is 1. The molecule has 0 radical (unpaired) electrons. The number of aryl methyl sites for hydroxylation is 1. The van der Waals surface area contributed by atoms with E-state index in [-0.39, 0.29) is 5.63 Å². The van der Waals surface area contributed by atoms with E-state index in [1.807, 2.05) is 4.68 Å². The average Bonchev–Trinajstić information content (AvgIpc) is 2.25. The maximum absolute atomic E-state index is 11.0. The zero-order valence-electron chi connectivity index (χ0n) is 6.30. The van der Waals surface area contributed by atoms with Crippen LogP contribution in [0.25, 0.3) is 0 Å². The molecule has 60 valence electrons. The molecule has 0 unspecified atom stereocenters. The summed E-state index contributed by atoms with van der Waals surface area (Å²) in [5, 5.41) is 2.60. The van der Waals surface area contributed by atoms with Crippen LogP contribution in [0.1, 0.15) is 25.0 Å². The molecule has 1 N–H and O–H groups in total. The summed E-state index contributed by atoms with van der Waals surface area (Å²) in [5.74, 6) is 0. The normalized spacial score (nSPS) is 17.5. The molecular formula is C7H11N2O2+. The summed E-state index contributed by atoms with van der Waals surface area (Å²) in [5.41, 5.74) is 0.592. The standard InChI is InChI=1S/C7H10N2O2/c10-7-6-4-2-1-3-5-9(6)8-11-7/h1-5H2/p+1. The largest absolute Gasteiger partial charge is 0.429 e. The van der Waals surface area contributed by atoms with Crippen LogP contribution in [0.4, 0.5) is 0 Å². The summed E-state index contributed by atoms with van der Waals surface area (Å²) in [6.07, 6.45) is 4.29. The van der Waals surface area contributed by atoms with Crippen LogP contribution < -0.4 is 10.3 Å². The van der Waals surface area contributed by atoms with Crippen LogP contribution in [0.2, 0.25) is 0 Å². The molecule has 1 aliphatic rings. The fourth-order valence-corrected chi connectivity index (χ4v) is 1.48. The van der Waals surface area contributed by atoms with Crippen molar-refractivity contribution in [1.29, 1.82) is 0 Å². The molecular weight excluding hydrogens is 144 g/mol. The molecule has 2 rings (SSSR count). The monoisotopic (exact) mass is 155 g/mol. The van der Waals surface area contributed by atoms with Gasteiger partial charge in [0.2, 0.25) is 0 Å². The first kappa shape index (κ1) is 6.64. The van der Waals surface area contributed by atoms with Gasteiger partial charge in [0.1, 0.15) is 0 Å². The molecule has 0 atom stereocenters. The highest BCUT2D eigenvalue weighted by Gasteiger charge is 2.21. The van der Waals surface area contributed by atoms with E-state index >= 15 is 0 Å². The van der Waals surface area contributed by atoms with Gasteiger partial charge in [-0.05, 0) is 18.1 Å². The summed E-state index contributed by atoms with van der Waals surface area (Å²) >= 11 is 0. The van der Waals surface area contributed by atoms with Crippen molar-refractivity contribution in [2.45, 2.75) is 32.2 Å². The number of fused-ring (bicyclic) bond motifs is 1. The van der Waals surface area contributed by atoms with Crippen LogP contribution in [0.5, 0.6) is 0 Å². The smallest absolute Gasteiger partial charge is 0.283 e. The van der Waals surface area contributed by atoms with Crippen LogP contribution in [0.3, 0.4) is 0 Å². The fraction of sp³-hybridized carbons (Fsp3) is 0.714. The Morgan fingerprint density at radius 3 is 3.18 bits per heavy atom. The van der Waals surface area contributed by atoms with E-state index in [9.17, 15) is 4.79 Å². The Morgan fingerprint density at radius 1 is 1.36 bits per heavy atom. The highest BCUT2D eigenvalue weighted by molar-refractivity contribution is 4.83. The SMILES string of the molecule is O=c1o[nH][n+]2c1CCCCC2. The predicted octanol–water partition coefficient (Wildman–Crippen LogP) is -0.0182. The number of nitrogens with zero attached hydrogens (tertiary/aromatic N) is 1. The zero-order chi connectivity index (χ0) is 7.68. The number of aromatic amines is 1. The van der Waals surface area contributed by atoms with E-state index in [0.29, 0.717) is 0 Å². The Bertz CT molecular complexity index is 300. The van der Waals surface area contributed by atoms with Crippen molar-refractivity contribution in [2.24, 2.45) is 0 Å². The van der Waals surface area contributed by atoms with Gasteiger partial charge >= 0.3 is 5.63 Å². The Balaban J connectivity index is 2.43. The van der Waals surface area contributed by atoms with E-state index in [4.69, 9.17) is 0 Å². The minimum absolute atomic E-state index is 0.202. The molecule has 1 aromatic rings. The van der Waals surface area contributed by atoms with Gasteiger partial charge in [-0.3, -0.25) is 4.52 Å². The van der Waals surface area contributed by atoms with E-state index in [1.54, 1.807) is 0 Å². The number of H-pyrrole nitrogens is 1. The Kier molecular flexibility index (Phi) is 1.52. The Hall–Kier alpha value is -1.06. The van der Waals surface area contributed by atoms with Gasteiger partial charge in [0.05, 0.1) is 0 Å². The summed E-state index contributed by atoms with van der Waals surface area (Å²) in [6, 6.07) is 0. The first-order valence-electron chi connectivity index (χ1n) is 3.98. The van der Waals surface area contributed by atoms with Gasteiger partial charge in [-0.2, -0.15) is 0 Å². The lowest BCUT2D eigenvalue weighted by Gasteiger charge is -1.83. The van der Waals surface area contributed by atoms with Crippen molar-refractivity contribution in [2.75, 3.05) is 0 Å². The van der Waals surface area contributed by atoms with Crippen molar-refractivity contribution < 1.29 is 9.20 Å². The lowest BCUT2D eigenvalue weighted by atomic mass is 10.2. The van der Waals surface area contributed by atoms with Gasteiger partial charge in [-0.15, -0.1) is 0 Å². The third-order valence-corrected chi connectivity index (χ3v) is 2.11. The van der Waals surface area contributed by atoms with Gasteiger partial charge in [-0.1, -0.05) is 4.68 Å². The molecule has 0 aromatic carbocycles. The average molecular weight is 155 g/mol. The molecule has 0 saturated heterocycles. The van der Waals surface area contributed by atoms with E-state index < -0.39 is 0 Å². The van der Waals surface area contributed by atoms with Gasteiger partial charge in [0, 0.05) is 12.8 Å². The third kappa shape index (κ3) is 1.08. The molecule has 0 spiro atoms. The molecule has 11 heavy (non-hydrogen) atoms. The molecule has 2 heterocycles. The lowest BCUT2D eigenvalue weighted by Crippen LogP contribution is -2.39. The summed E-state index contributed by atoms with van der Waals surface area (Å²) in [7, 11) is 0. The van der Waals surface area contributed by atoms with Crippen molar-refractivity contribution in [3.63, 3.8) is 0 Å². The number of rotatable bonds is 0. The molecule has 0 amide bonds. The molecule has 0 fully saturated rings. The topological polar surface area (TPSA) is 49.9 Å². The van der Waals surface area contributed by atoms with Crippen LogP contribution in [0, 0.1) is 0 Å². The molecule has 1 aliphatic heterocycles. The summed E-state index contributed by atoms with van der Waals surface area (Å²) in [4.78, 5) is 11.0. The highest BCUT2D eigenvalue weighted by atomic mass is 16.5. The number of hydrogen-bond acceptors (Lipinski definition) is 2. The first-order chi connectivity index (χ1) is 5.38. The molecule has 0 saturated carbocycles. The maximum Gasteiger partial charge on any atom is 0.429 e. The molecule has 1 aromatic heterocycles. The minimum Gasteiger partial charge on any atom is -0.283 e. The number of aromatic nitrogens is 2. The van der Waals surface area contributed by atoms with Gasteiger partial charge < -0.3 is 0 Å². The van der Waals surface area contributed by atoms with Crippen molar-refractivity contribution in [3.8, 4) is 0 Å². The predicted molar refractivity (Wildman–Crippen MR) is 37.1 cm³/mol. The second-order valence-corrected chi connectivity index (χ2v) is 2.89. The zero-order valence-corrected chi connectivity index (χ0v) is 6.30. The second kappa shape index (κ2) is 2.53. The molecule has 4 heteroatoms. The van der Waals surface area contributed by atoms with E-state index in [2.05, 4.69) is 9.79 Å². The first-order valence-corrected chi connectivity index (χ1v) is 3.98. The lowest BCUT2D eigenvalue weighted by molar-refractivity contribution is -0.767. The summed E-state index contributed by atoms with van der Waals surface area (Å²) in [6.45, 7) is 0.890. The fourth-order valence-electron chi connectivity index (χ4n) is 1.48. The van der Waals surface area contributed by atoms with Gasteiger partial charge in [-0.25, -0.2) is 4.79 Å². The van der Waals surface area contributed by atoms with Crippen molar-refractivity contribution in [3.05, 3.63) is 16.1 Å². The number of hydrogen-bond donors (Lipinski definition) is 1. The molecule has 0 bridgehead atoms. The van der Waals surface area contributed by atoms with E-state index in [0.717, 1.165) is 31.5 Å². The molecule has 4 nitrogen and oxygen atoms in total. The summed E-state index contributed by atoms with van der Waals surface area (Å²) < 4.78 is 6.47. The second-order valence-electron chi connectivity index (χ2n) is 2.89. The minimum atomic E-state index is -0.202. The Labute approximate surface area is 63.8 Å². The van der Waals surface area contributed by atoms with Gasteiger partial charge in [0.15, 0.2) is 6.54 Å². The third-order valence-electron chi connectivity index (χ3n) is 2.11. The van der Waals surface area contributed by atoms with Crippen LogP contribution >= 0.6 is 0 Å². The maximum atomic E-state index is 11.0. The van der Waals surface area contributed by atoms with Crippen molar-refractivity contribution in [1.82, 2.24) is 5.27 Å². The highest BCUT2D eigenvalue weighted by Crippen LogP contribution is 2.03. The van der Waals surface area contributed by atoms with Crippen molar-refractivity contribution >= 4 is 0 Å². The van der Waals surface area contributed by atoms with Crippen LogP contribution in [-0.4, -0.2) is 5.27 Å². The van der Waals surface area contributed by atoms with E-state index in [1.165, 1.54) is 6.42 Å².